The Morgan fingerprint density at radius 3 is 2.42 bits per heavy atom. The predicted molar refractivity (Wildman–Crippen MR) is 40.5 cm³/mol. The molecule has 0 aromatic rings. The van der Waals surface area contributed by atoms with Gasteiger partial charge in [-0.15, -0.1) is 0 Å². The van der Waals surface area contributed by atoms with Crippen molar-refractivity contribution in [3.8, 4) is 0 Å². The Balaban J connectivity index is 3.47. The molecule has 0 fully saturated rings. The van der Waals surface area contributed by atoms with E-state index in [1.165, 1.54) is 6.92 Å². The van der Waals surface area contributed by atoms with E-state index in [0.717, 1.165) is 0 Å². The minimum Gasteiger partial charge on any atom is -0.461 e. The van der Waals surface area contributed by atoms with Crippen LogP contribution in [0.3, 0.4) is 0 Å². The van der Waals surface area contributed by atoms with Gasteiger partial charge >= 0.3 is 5.97 Å². The molecule has 0 aliphatic rings. The molecule has 5 nitrogen and oxygen atoms in total. The molecule has 0 saturated carbocycles. The van der Waals surface area contributed by atoms with Crippen molar-refractivity contribution in [1.29, 1.82) is 0 Å². The molecule has 0 aromatic heterocycles. The van der Waals surface area contributed by atoms with Gasteiger partial charge in [-0.05, 0) is 6.92 Å². The summed E-state index contributed by atoms with van der Waals surface area (Å²) in [6.07, 6.45) is -0.691. The highest BCUT2D eigenvalue weighted by atomic mass is 16.6. The molecule has 0 amide bonds. The first-order valence-corrected chi connectivity index (χ1v) is 3.72. The van der Waals surface area contributed by atoms with Gasteiger partial charge in [-0.1, -0.05) is 0 Å². The van der Waals surface area contributed by atoms with Crippen molar-refractivity contribution >= 4 is 5.97 Å². The van der Waals surface area contributed by atoms with Crippen LogP contribution < -0.4 is 0 Å². The van der Waals surface area contributed by atoms with Crippen LogP contribution in [0.4, 0.5) is 0 Å². The quantitative estimate of drug-likeness (QED) is 0.506. The minimum atomic E-state index is -0.691. The van der Waals surface area contributed by atoms with E-state index in [1.54, 1.807) is 0 Å². The topological polar surface area (TPSA) is 76.0 Å². The summed E-state index contributed by atoms with van der Waals surface area (Å²) >= 11 is 0. The number of aliphatic hydroxyl groups is 2. The molecule has 0 heterocycles. The molecular weight excluding hydrogens is 164 g/mol. The predicted octanol–water partition coefficient (Wildman–Crippen LogP) is -1.08. The van der Waals surface area contributed by atoms with Crippen LogP contribution in [0.15, 0.2) is 0 Å². The van der Waals surface area contributed by atoms with Crippen molar-refractivity contribution in [1.82, 2.24) is 0 Å². The Hall–Kier alpha value is -0.650. The summed E-state index contributed by atoms with van der Waals surface area (Å²) in [4.78, 5) is 10.9. The first-order chi connectivity index (χ1) is 5.72. The highest BCUT2D eigenvalue weighted by molar-refractivity contribution is 5.74. The maximum atomic E-state index is 10.9. The summed E-state index contributed by atoms with van der Waals surface area (Å²) < 4.78 is 9.40. The van der Waals surface area contributed by atoms with E-state index in [-0.39, 0.29) is 26.4 Å². The minimum absolute atomic E-state index is 0.0222. The fraction of sp³-hybridized carbons (Fsp3) is 0.857. The number of esters is 1. The van der Waals surface area contributed by atoms with E-state index in [2.05, 4.69) is 4.74 Å². The lowest BCUT2D eigenvalue weighted by Crippen LogP contribution is -2.25. The molecule has 1 atom stereocenters. The molecule has 0 aromatic carbocycles. The summed E-state index contributed by atoms with van der Waals surface area (Å²) in [5, 5.41) is 16.7. The van der Waals surface area contributed by atoms with Gasteiger partial charge in [0.1, 0.15) is 6.61 Å². The van der Waals surface area contributed by atoms with E-state index in [0.29, 0.717) is 0 Å². The van der Waals surface area contributed by atoms with Gasteiger partial charge < -0.3 is 19.7 Å². The van der Waals surface area contributed by atoms with Gasteiger partial charge in [0.05, 0.1) is 19.8 Å². The fourth-order valence-electron chi connectivity index (χ4n) is 0.561. The zero-order valence-corrected chi connectivity index (χ0v) is 7.02. The van der Waals surface area contributed by atoms with Crippen molar-refractivity contribution in [2.24, 2.45) is 0 Å². The molecule has 0 aliphatic carbocycles. The zero-order valence-electron chi connectivity index (χ0n) is 7.02. The fourth-order valence-corrected chi connectivity index (χ4v) is 0.561. The number of ether oxygens (including phenoxy) is 2. The first kappa shape index (κ1) is 11.4. The van der Waals surface area contributed by atoms with Gasteiger partial charge in [0.2, 0.25) is 0 Å². The van der Waals surface area contributed by atoms with E-state index in [1.807, 2.05) is 0 Å². The number of aliphatic hydroxyl groups excluding tert-OH is 2. The molecule has 72 valence electrons. The average Bonchev–Trinajstić information content (AvgIpc) is 2.10. The number of rotatable bonds is 6. The van der Waals surface area contributed by atoms with Gasteiger partial charge in [0.25, 0.3) is 0 Å². The Morgan fingerprint density at radius 1 is 1.33 bits per heavy atom. The number of hydrogen-bond acceptors (Lipinski definition) is 5. The lowest BCUT2D eigenvalue weighted by Gasteiger charge is -2.10. The van der Waals surface area contributed by atoms with Crippen molar-refractivity contribution < 1.29 is 24.5 Å². The summed E-state index contributed by atoms with van der Waals surface area (Å²) in [7, 11) is 0. The third kappa shape index (κ3) is 5.06. The molecular formula is C7H14O5. The molecule has 0 radical (unpaired) electrons. The Bertz CT molecular complexity index is 125. The van der Waals surface area contributed by atoms with Gasteiger partial charge in [-0.3, -0.25) is 0 Å². The maximum absolute atomic E-state index is 10.9. The van der Waals surface area contributed by atoms with Crippen LogP contribution in [0.25, 0.3) is 0 Å². The van der Waals surface area contributed by atoms with E-state index < -0.39 is 12.1 Å². The first-order valence-electron chi connectivity index (χ1n) is 3.72. The van der Waals surface area contributed by atoms with Crippen molar-refractivity contribution in [2.45, 2.75) is 13.0 Å². The molecule has 1 unspecified atom stereocenters. The molecule has 2 N–H and O–H groups in total. The van der Waals surface area contributed by atoms with Crippen LogP contribution in [-0.2, 0) is 14.3 Å². The van der Waals surface area contributed by atoms with E-state index in [9.17, 15) is 4.79 Å². The molecule has 0 aliphatic heterocycles. The maximum Gasteiger partial charge on any atom is 0.335 e. The lowest BCUT2D eigenvalue weighted by molar-refractivity contribution is -0.157. The highest BCUT2D eigenvalue weighted by Gasteiger charge is 2.13. The van der Waals surface area contributed by atoms with Crippen LogP contribution in [0.1, 0.15) is 6.92 Å². The summed E-state index contributed by atoms with van der Waals surface area (Å²) in [6.45, 7) is 1.28. The molecule has 0 saturated heterocycles. The van der Waals surface area contributed by atoms with Gasteiger partial charge in [0, 0.05) is 0 Å². The van der Waals surface area contributed by atoms with Crippen LogP contribution in [0.2, 0.25) is 0 Å². The summed E-state index contributed by atoms with van der Waals surface area (Å²) in [5.74, 6) is -0.530. The second-order valence-corrected chi connectivity index (χ2v) is 2.13. The van der Waals surface area contributed by atoms with Gasteiger partial charge in [0.15, 0.2) is 6.10 Å². The summed E-state index contributed by atoms with van der Waals surface area (Å²) in [6, 6.07) is 0. The average molecular weight is 178 g/mol. The number of hydrogen-bond donors (Lipinski definition) is 2. The Kier molecular flexibility index (Phi) is 6.64. The van der Waals surface area contributed by atoms with Crippen LogP contribution >= 0.6 is 0 Å². The van der Waals surface area contributed by atoms with Crippen LogP contribution in [-0.4, -0.2) is 48.7 Å². The number of carbonyl (C=O) groups is 1. The van der Waals surface area contributed by atoms with Gasteiger partial charge in [-0.2, -0.15) is 0 Å². The van der Waals surface area contributed by atoms with Crippen molar-refractivity contribution in [3.05, 3.63) is 0 Å². The molecule has 0 bridgehead atoms. The monoisotopic (exact) mass is 178 g/mol. The van der Waals surface area contributed by atoms with Crippen LogP contribution in [0, 0.1) is 0 Å². The third-order valence-corrected chi connectivity index (χ3v) is 1.13. The van der Waals surface area contributed by atoms with Crippen LogP contribution in [0.5, 0.6) is 0 Å². The van der Waals surface area contributed by atoms with Crippen molar-refractivity contribution in [2.75, 3.05) is 26.4 Å². The number of carbonyl (C=O) groups excluding carboxylic acids is 1. The molecule has 5 heteroatoms. The smallest absolute Gasteiger partial charge is 0.335 e. The SMILES string of the molecule is CC(OCCO)C(=O)OCCO. The largest absolute Gasteiger partial charge is 0.461 e. The second-order valence-electron chi connectivity index (χ2n) is 2.13. The Labute approximate surface area is 70.9 Å². The van der Waals surface area contributed by atoms with E-state index >= 15 is 0 Å². The second kappa shape index (κ2) is 7.02. The lowest BCUT2D eigenvalue weighted by atomic mass is 10.4. The standard InChI is InChI=1S/C7H14O5/c1-6(11-4-2-8)7(10)12-5-3-9/h6,8-9H,2-5H2,1H3. The summed E-state index contributed by atoms with van der Waals surface area (Å²) in [5.41, 5.74) is 0. The van der Waals surface area contributed by atoms with Gasteiger partial charge in [-0.25, -0.2) is 4.79 Å². The Morgan fingerprint density at radius 2 is 1.92 bits per heavy atom. The van der Waals surface area contributed by atoms with Crippen molar-refractivity contribution in [3.63, 3.8) is 0 Å². The molecule has 12 heavy (non-hydrogen) atoms. The highest BCUT2D eigenvalue weighted by Crippen LogP contribution is 1.93. The molecule has 0 spiro atoms. The molecule has 0 rings (SSSR count). The van der Waals surface area contributed by atoms with E-state index in [4.69, 9.17) is 14.9 Å². The normalized spacial score (nSPS) is 12.6. The zero-order chi connectivity index (χ0) is 9.40. The third-order valence-electron chi connectivity index (χ3n) is 1.13.